The first-order chi connectivity index (χ1) is 20.7. The molecule has 3 aromatic rings. The Morgan fingerprint density at radius 2 is 1.98 bits per heavy atom. The quantitative estimate of drug-likeness (QED) is 0.434. The third-order valence-corrected chi connectivity index (χ3v) is 10.1. The predicted molar refractivity (Wildman–Crippen MR) is 158 cm³/mol. The summed E-state index contributed by atoms with van der Waals surface area (Å²) in [4.78, 5) is 50.2. The standard InChI is InChI=1S/C33H35N5O5/c1-32(35-29(39)21-15-23-22-10-6-11-24-28(22)20(17-34-24)16-25(23)36(2)18-21)31(41)38-26(14-19-8-4-3-5-9-19)30(40)37-13-7-12-27(37)33(38,42)43-32/h3-6,8-11,15,17,21,25-27,34,42H,7,12-14,16,18H2,1-2H3,(H,35,39)/t21-,25-,26?,27?,32-,33+/m1/s1. The zero-order chi connectivity index (χ0) is 29.7. The van der Waals surface area contributed by atoms with Crippen LogP contribution in [-0.2, 0) is 32.0 Å². The zero-order valence-corrected chi connectivity index (χ0v) is 24.2. The molecule has 8 rings (SSSR count). The summed E-state index contributed by atoms with van der Waals surface area (Å²) in [5, 5.41) is 16.1. The maximum Gasteiger partial charge on any atom is 0.280 e. The molecule has 3 amide bonds. The summed E-state index contributed by atoms with van der Waals surface area (Å²) in [7, 11) is 2.02. The van der Waals surface area contributed by atoms with Gasteiger partial charge in [0.2, 0.25) is 17.5 Å². The molecule has 10 heteroatoms. The number of fused-ring (bicyclic) bond motifs is 5. The average Bonchev–Trinajstić information content (AvgIpc) is 3.70. The minimum Gasteiger partial charge on any atom is -0.361 e. The van der Waals surface area contributed by atoms with Crippen LogP contribution in [0.3, 0.4) is 0 Å². The van der Waals surface area contributed by atoms with E-state index in [0.29, 0.717) is 25.9 Å². The van der Waals surface area contributed by atoms with Crippen molar-refractivity contribution in [3.8, 4) is 0 Å². The molecular formula is C33H35N5O5. The van der Waals surface area contributed by atoms with Gasteiger partial charge in [-0.05, 0) is 61.6 Å². The Hall–Kier alpha value is -3.99. The molecule has 0 bridgehead atoms. The first-order valence-electron chi connectivity index (χ1n) is 15.1. The number of piperazine rings is 1. The summed E-state index contributed by atoms with van der Waals surface area (Å²) in [6, 6.07) is 14.1. The molecule has 0 radical (unpaired) electrons. The number of aliphatic hydroxyl groups is 1. The molecule has 5 heterocycles. The number of aromatic nitrogens is 1. The zero-order valence-electron chi connectivity index (χ0n) is 24.2. The van der Waals surface area contributed by atoms with E-state index in [1.165, 1.54) is 22.8 Å². The number of aromatic amines is 1. The molecule has 3 N–H and O–H groups in total. The number of likely N-dealkylation sites (N-methyl/N-ethyl adjacent to an activating group) is 1. The minimum absolute atomic E-state index is 0.144. The van der Waals surface area contributed by atoms with Gasteiger partial charge in [0.25, 0.3) is 11.8 Å². The lowest BCUT2D eigenvalue weighted by atomic mass is 9.79. The molecule has 4 aliphatic heterocycles. The van der Waals surface area contributed by atoms with E-state index in [0.717, 1.165) is 28.6 Å². The maximum atomic E-state index is 14.2. The highest BCUT2D eigenvalue weighted by molar-refractivity contribution is 6.00. The summed E-state index contributed by atoms with van der Waals surface area (Å²) in [6.45, 7) is 2.45. The Morgan fingerprint density at radius 3 is 2.79 bits per heavy atom. The van der Waals surface area contributed by atoms with Crippen LogP contribution in [-0.4, -0.2) is 92.4 Å². The van der Waals surface area contributed by atoms with Crippen molar-refractivity contribution in [3.63, 3.8) is 0 Å². The normalized spacial score (nSPS) is 33.3. The second-order valence-corrected chi connectivity index (χ2v) is 12.8. The van der Waals surface area contributed by atoms with Gasteiger partial charge in [-0.2, -0.15) is 0 Å². The van der Waals surface area contributed by atoms with Gasteiger partial charge in [0.05, 0.1) is 5.92 Å². The molecule has 0 saturated carbocycles. The molecule has 0 spiro atoms. The van der Waals surface area contributed by atoms with Gasteiger partial charge in [-0.25, -0.2) is 0 Å². The van der Waals surface area contributed by atoms with E-state index >= 15 is 0 Å². The molecular weight excluding hydrogens is 546 g/mol. The number of hydrogen-bond acceptors (Lipinski definition) is 6. The summed E-state index contributed by atoms with van der Waals surface area (Å²) in [5.41, 5.74) is 3.58. The van der Waals surface area contributed by atoms with Gasteiger partial charge >= 0.3 is 0 Å². The highest BCUT2D eigenvalue weighted by Crippen LogP contribution is 2.46. The van der Waals surface area contributed by atoms with E-state index in [1.807, 2.05) is 49.5 Å². The van der Waals surface area contributed by atoms with Crippen molar-refractivity contribution >= 4 is 34.2 Å². The number of nitrogens with one attached hydrogen (secondary N) is 2. The van der Waals surface area contributed by atoms with Crippen LogP contribution < -0.4 is 5.32 Å². The molecule has 222 valence electrons. The number of amides is 3. The Kier molecular flexibility index (Phi) is 5.73. The van der Waals surface area contributed by atoms with Crippen LogP contribution in [0.4, 0.5) is 0 Å². The van der Waals surface area contributed by atoms with Crippen LogP contribution in [0.15, 0.2) is 60.8 Å². The first kappa shape index (κ1) is 26.6. The van der Waals surface area contributed by atoms with Crippen molar-refractivity contribution in [2.45, 2.75) is 62.4 Å². The van der Waals surface area contributed by atoms with Crippen molar-refractivity contribution in [2.24, 2.45) is 5.92 Å². The van der Waals surface area contributed by atoms with Crippen molar-refractivity contribution in [2.75, 3.05) is 20.1 Å². The maximum absolute atomic E-state index is 14.2. The molecule has 3 saturated heterocycles. The van der Waals surface area contributed by atoms with E-state index in [1.54, 1.807) is 4.90 Å². The van der Waals surface area contributed by atoms with Crippen LogP contribution >= 0.6 is 0 Å². The average molecular weight is 582 g/mol. The summed E-state index contributed by atoms with van der Waals surface area (Å²) in [6.07, 6.45) is 6.38. The van der Waals surface area contributed by atoms with E-state index in [9.17, 15) is 19.5 Å². The third kappa shape index (κ3) is 3.79. The lowest BCUT2D eigenvalue weighted by Gasteiger charge is -2.48. The number of H-pyrrole nitrogens is 1. The second kappa shape index (κ2) is 9.25. The number of hydrogen-bond donors (Lipinski definition) is 3. The molecule has 5 aliphatic rings. The van der Waals surface area contributed by atoms with Crippen molar-refractivity contribution in [3.05, 3.63) is 77.5 Å². The lowest BCUT2D eigenvalue weighted by molar-refractivity contribution is -0.315. The van der Waals surface area contributed by atoms with Crippen molar-refractivity contribution in [1.29, 1.82) is 0 Å². The number of ether oxygens (including phenoxy) is 1. The van der Waals surface area contributed by atoms with Crippen LogP contribution in [0.1, 0.15) is 36.5 Å². The molecule has 1 aliphatic carbocycles. The molecule has 6 atom stereocenters. The first-order valence-corrected chi connectivity index (χ1v) is 15.1. The highest BCUT2D eigenvalue weighted by atomic mass is 16.7. The van der Waals surface area contributed by atoms with Gasteiger partial charge in [-0.1, -0.05) is 48.5 Å². The van der Waals surface area contributed by atoms with Crippen LogP contribution in [0.5, 0.6) is 0 Å². The van der Waals surface area contributed by atoms with E-state index in [4.69, 9.17) is 4.74 Å². The SMILES string of the molecule is CN1C[C@H](C(=O)N[C@]2(C)O[C@@]3(O)C4CCCN4C(=O)C(Cc4ccccc4)N3C2=O)C=C2c3cccc4[nH]cc(c34)C[C@H]21. The summed E-state index contributed by atoms with van der Waals surface area (Å²) in [5.74, 6) is -3.77. The van der Waals surface area contributed by atoms with Crippen molar-refractivity contribution in [1.82, 2.24) is 25.0 Å². The van der Waals surface area contributed by atoms with Crippen LogP contribution in [0.25, 0.3) is 16.5 Å². The predicted octanol–water partition coefficient (Wildman–Crippen LogP) is 1.99. The topological polar surface area (TPSA) is 118 Å². The van der Waals surface area contributed by atoms with Gasteiger partial charge in [0.1, 0.15) is 12.1 Å². The van der Waals surface area contributed by atoms with Gasteiger partial charge < -0.3 is 20.3 Å². The van der Waals surface area contributed by atoms with Gasteiger partial charge in [-0.15, -0.1) is 0 Å². The van der Waals surface area contributed by atoms with E-state index in [2.05, 4.69) is 33.5 Å². The number of carbonyl (C=O) groups excluding carboxylic acids is 3. The lowest BCUT2D eigenvalue weighted by Crippen LogP contribution is -2.71. The van der Waals surface area contributed by atoms with Crippen LogP contribution in [0.2, 0.25) is 0 Å². The largest absolute Gasteiger partial charge is 0.361 e. The monoisotopic (exact) mass is 581 g/mol. The number of nitrogens with zero attached hydrogens (tertiary/aromatic N) is 3. The Balaban J connectivity index is 1.11. The number of rotatable bonds is 4. The smallest absolute Gasteiger partial charge is 0.280 e. The molecule has 10 nitrogen and oxygen atoms in total. The van der Waals surface area contributed by atoms with E-state index in [-0.39, 0.29) is 24.3 Å². The van der Waals surface area contributed by atoms with Crippen molar-refractivity contribution < 1.29 is 24.2 Å². The van der Waals surface area contributed by atoms with Gasteiger partial charge in [-0.3, -0.25) is 28.9 Å². The molecule has 2 unspecified atom stereocenters. The molecule has 3 fully saturated rings. The third-order valence-electron chi connectivity index (χ3n) is 10.1. The minimum atomic E-state index is -2.04. The fraction of sp³-hybridized carbons (Fsp3) is 0.424. The van der Waals surface area contributed by atoms with Gasteiger partial charge in [0, 0.05) is 42.7 Å². The molecule has 1 aromatic heterocycles. The number of carbonyl (C=O) groups is 3. The number of benzene rings is 2. The Bertz CT molecular complexity index is 1700. The van der Waals surface area contributed by atoms with Gasteiger partial charge in [0.15, 0.2) is 0 Å². The fourth-order valence-electron chi connectivity index (χ4n) is 8.12. The summed E-state index contributed by atoms with van der Waals surface area (Å²) >= 11 is 0. The molecule has 43 heavy (non-hydrogen) atoms. The molecule has 2 aromatic carbocycles. The second-order valence-electron chi connectivity index (χ2n) is 12.8. The Morgan fingerprint density at radius 1 is 1.16 bits per heavy atom. The Labute approximate surface area is 249 Å². The fourth-order valence-corrected chi connectivity index (χ4v) is 8.12. The highest BCUT2D eigenvalue weighted by Gasteiger charge is 2.70. The van der Waals surface area contributed by atoms with Crippen LogP contribution in [0, 0.1) is 5.92 Å². The van der Waals surface area contributed by atoms with E-state index < -0.39 is 35.5 Å². The summed E-state index contributed by atoms with van der Waals surface area (Å²) < 4.78 is 6.23.